The second-order valence-corrected chi connectivity index (χ2v) is 6.73. The first-order valence-corrected chi connectivity index (χ1v) is 8.36. The van der Waals surface area contributed by atoms with Crippen LogP contribution in [-0.2, 0) is 6.54 Å². The third-order valence-corrected chi connectivity index (χ3v) is 5.00. The van der Waals surface area contributed by atoms with Gasteiger partial charge in [0.15, 0.2) is 0 Å². The molecule has 0 atom stereocenters. The molecule has 4 nitrogen and oxygen atoms in total. The lowest BCUT2D eigenvalue weighted by molar-refractivity contribution is -0.148. The van der Waals surface area contributed by atoms with Crippen LogP contribution in [0.25, 0.3) is 10.9 Å². The Morgan fingerprint density at radius 1 is 1.24 bits per heavy atom. The normalized spacial score (nSPS) is 17.3. The lowest BCUT2D eigenvalue weighted by Crippen LogP contribution is -2.40. The number of aromatic nitrogens is 1. The van der Waals surface area contributed by atoms with Gasteiger partial charge in [-0.2, -0.15) is 13.2 Å². The molecule has 25 heavy (non-hydrogen) atoms. The Morgan fingerprint density at radius 3 is 2.48 bits per heavy atom. The zero-order valence-corrected chi connectivity index (χ0v) is 14.0. The number of nitrogens with zero attached hydrogens (tertiary/aromatic N) is 2. The van der Waals surface area contributed by atoms with Gasteiger partial charge in [-0.05, 0) is 44.8 Å². The number of carboxylic acids is 1. The number of hydrogen-bond acceptors (Lipinski definition) is 2. The first-order valence-electron chi connectivity index (χ1n) is 8.36. The highest BCUT2D eigenvalue weighted by atomic mass is 19.4. The predicted octanol–water partition coefficient (Wildman–Crippen LogP) is 3.92. The number of fused-ring (bicyclic) bond motifs is 1. The number of piperidine rings is 1. The summed E-state index contributed by atoms with van der Waals surface area (Å²) in [7, 11) is 0. The van der Waals surface area contributed by atoms with Gasteiger partial charge in [-0.15, -0.1) is 0 Å². The molecular weight excluding hydrogens is 333 g/mol. The van der Waals surface area contributed by atoms with Gasteiger partial charge >= 0.3 is 12.1 Å². The summed E-state index contributed by atoms with van der Waals surface area (Å²) in [6, 6.07) is 7.38. The van der Waals surface area contributed by atoms with Crippen molar-refractivity contribution in [3.63, 3.8) is 0 Å². The zero-order valence-electron chi connectivity index (χ0n) is 14.0. The molecule has 2 heterocycles. The average molecular weight is 354 g/mol. The lowest BCUT2D eigenvalue weighted by Gasteiger charge is -2.32. The molecule has 3 rings (SSSR count). The topological polar surface area (TPSA) is 45.5 Å². The van der Waals surface area contributed by atoms with Crippen molar-refractivity contribution in [2.75, 3.05) is 19.6 Å². The van der Waals surface area contributed by atoms with E-state index in [-0.39, 0.29) is 5.92 Å². The van der Waals surface area contributed by atoms with E-state index in [0.717, 1.165) is 5.52 Å². The quantitative estimate of drug-likeness (QED) is 0.905. The van der Waals surface area contributed by atoms with Crippen molar-refractivity contribution in [1.82, 2.24) is 9.47 Å². The Morgan fingerprint density at radius 2 is 1.88 bits per heavy atom. The maximum Gasteiger partial charge on any atom is 0.401 e. The SMILES string of the molecule is Cc1c(C(=O)O)c2ccccc2n1CC1CCN(CC(F)(F)F)CC1. The summed E-state index contributed by atoms with van der Waals surface area (Å²) in [5.41, 5.74) is 1.88. The van der Waals surface area contributed by atoms with Crippen molar-refractivity contribution in [2.24, 2.45) is 5.92 Å². The fourth-order valence-corrected chi connectivity index (χ4v) is 3.78. The molecule has 1 saturated heterocycles. The summed E-state index contributed by atoms with van der Waals surface area (Å²) in [4.78, 5) is 13.0. The second kappa shape index (κ2) is 6.71. The van der Waals surface area contributed by atoms with Crippen LogP contribution in [0.15, 0.2) is 24.3 Å². The minimum absolute atomic E-state index is 0.251. The van der Waals surface area contributed by atoms with Crippen LogP contribution in [-0.4, -0.2) is 46.4 Å². The highest BCUT2D eigenvalue weighted by Crippen LogP contribution is 2.29. The van der Waals surface area contributed by atoms with Crippen molar-refractivity contribution < 1.29 is 23.1 Å². The summed E-state index contributed by atoms with van der Waals surface area (Å²) in [5.74, 6) is -0.701. The van der Waals surface area contributed by atoms with E-state index < -0.39 is 18.7 Å². The van der Waals surface area contributed by atoms with Crippen LogP contribution in [0.2, 0.25) is 0 Å². The summed E-state index contributed by atoms with van der Waals surface area (Å²) in [5, 5.41) is 10.2. The standard InChI is InChI=1S/C18H21F3N2O2/c1-12-16(17(24)25)14-4-2-3-5-15(14)23(12)10-13-6-8-22(9-7-13)11-18(19,20)21/h2-5,13H,6-11H2,1H3,(H,24,25). The maximum atomic E-state index is 12.5. The van der Waals surface area contributed by atoms with Crippen LogP contribution < -0.4 is 0 Å². The van der Waals surface area contributed by atoms with E-state index in [9.17, 15) is 23.1 Å². The van der Waals surface area contributed by atoms with Gasteiger partial charge in [0.2, 0.25) is 0 Å². The number of hydrogen-bond donors (Lipinski definition) is 1. The number of carbonyl (C=O) groups is 1. The van der Waals surface area contributed by atoms with Crippen LogP contribution in [0.1, 0.15) is 28.9 Å². The van der Waals surface area contributed by atoms with Gasteiger partial charge in [-0.1, -0.05) is 18.2 Å². The van der Waals surface area contributed by atoms with Gasteiger partial charge in [0.25, 0.3) is 0 Å². The van der Waals surface area contributed by atoms with Crippen LogP contribution in [0.5, 0.6) is 0 Å². The minimum Gasteiger partial charge on any atom is -0.478 e. The number of halogens is 3. The van der Waals surface area contributed by atoms with E-state index in [1.807, 2.05) is 22.8 Å². The van der Waals surface area contributed by atoms with E-state index in [1.165, 1.54) is 4.90 Å². The van der Waals surface area contributed by atoms with E-state index >= 15 is 0 Å². The number of likely N-dealkylation sites (tertiary alicyclic amines) is 1. The Labute approximate surface area is 143 Å². The van der Waals surface area contributed by atoms with Crippen LogP contribution in [0, 0.1) is 12.8 Å². The van der Waals surface area contributed by atoms with E-state index in [2.05, 4.69) is 0 Å². The molecule has 1 aromatic carbocycles. The monoisotopic (exact) mass is 354 g/mol. The van der Waals surface area contributed by atoms with Crippen LogP contribution in [0.4, 0.5) is 13.2 Å². The van der Waals surface area contributed by atoms with Gasteiger partial charge in [-0.3, -0.25) is 4.90 Å². The molecule has 1 fully saturated rings. The third-order valence-electron chi connectivity index (χ3n) is 5.00. The maximum absolute atomic E-state index is 12.5. The molecule has 0 amide bonds. The average Bonchev–Trinajstić information content (AvgIpc) is 2.80. The summed E-state index contributed by atoms with van der Waals surface area (Å²) in [6.07, 6.45) is -2.79. The van der Waals surface area contributed by atoms with Gasteiger partial charge < -0.3 is 9.67 Å². The first kappa shape index (κ1) is 17.8. The van der Waals surface area contributed by atoms with E-state index in [1.54, 1.807) is 13.0 Å². The van der Waals surface area contributed by atoms with Crippen LogP contribution in [0.3, 0.4) is 0 Å². The largest absolute Gasteiger partial charge is 0.478 e. The Balaban J connectivity index is 1.76. The Bertz CT molecular complexity index is 774. The molecule has 0 bridgehead atoms. The van der Waals surface area contributed by atoms with Crippen molar-refractivity contribution >= 4 is 16.9 Å². The van der Waals surface area contributed by atoms with E-state index in [0.29, 0.717) is 49.1 Å². The molecule has 2 aromatic rings. The molecule has 1 aliphatic rings. The number of para-hydroxylation sites is 1. The molecule has 1 N–H and O–H groups in total. The Kier molecular flexibility index (Phi) is 4.77. The minimum atomic E-state index is -4.16. The number of rotatable bonds is 4. The fourth-order valence-electron chi connectivity index (χ4n) is 3.78. The van der Waals surface area contributed by atoms with E-state index in [4.69, 9.17) is 0 Å². The molecule has 0 radical (unpaired) electrons. The fraction of sp³-hybridized carbons (Fsp3) is 0.500. The molecule has 7 heteroatoms. The van der Waals surface area contributed by atoms with Crippen molar-refractivity contribution in [3.05, 3.63) is 35.5 Å². The molecule has 0 saturated carbocycles. The number of aromatic carboxylic acids is 1. The summed E-state index contributed by atoms with van der Waals surface area (Å²) in [6.45, 7) is 2.43. The number of carboxylic acid groups (broad SMARTS) is 1. The molecular formula is C18H21F3N2O2. The Hall–Kier alpha value is -2.02. The molecule has 0 spiro atoms. The third kappa shape index (κ3) is 3.81. The van der Waals surface area contributed by atoms with Gasteiger partial charge in [0, 0.05) is 23.1 Å². The molecule has 136 valence electrons. The van der Waals surface area contributed by atoms with Gasteiger partial charge in [-0.25, -0.2) is 4.79 Å². The highest BCUT2D eigenvalue weighted by molar-refractivity contribution is 6.05. The number of benzene rings is 1. The highest BCUT2D eigenvalue weighted by Gasteiger charge is 2.32. The number of alkyl halides is 3. The summed E-state index contributed by atoms with van der Waals surface area (Å²) < 4.78 is 39.5. The van der Waals surface area contributed by atoms with Gasteiger partial charge in [0.1, 0.15) is 0 Å². The van der Waals surface area contributed by atoms with Crippen LogP contribution >= 0.6 is 0 Å². The zero-order chi connectivity index (χ0) is 18.2. The lowest BCUT2D eigenvalue weighted by atomic mass is 9.96. The molecule has 0 unspecified atom stereocenters. The predicted molar refractivity (Wildman–Crippen MR) is 88.9 cm³/mol. The smallest absolute Gasteiger partial charge is 0.401 e. The molecule has 1 aliphatic heterocycles. The first-order chi connectivity index (χ1) is 11.8. The van der Waals surface area contributed by atoms with Gasteiger partial charge in [0.05, 0.1) is 12.1 Å². The van der Waals surface area contributed by atoms with Crippen molar-refractivity contribution in [1.29, 1.82) is 0 Å². The van der Waals surface area contributed by atoms with Crippen molar-refractivity contribution in [3.8, 4) is 0 Å². The summed E-state index contributed by atoms with van der Waals surface area (Å²) >= 11 is 0. The van der Waals surface area contributed by atoms with Crippen molar-refractivity contribution in [2.45, 2.75) is 32.5 Å². The molecule has 0 aliphatic carbocycles. The molecule has 1 aromatic heterocycles. The second-order valence-electron chi connectivity index (χ2n) is 6.73.